The van der Waals surface area contributed by atoms with Crippen LogP contribution in [0.5, 0.6) is 0 Å². The van der Waals surface area contributed by atoms with Crippen molar-refractivity contribution in [3.63, 3.8) is 0 Å². The van der Waals surface area contributed by atoms with E-state index in [1.807, 2.05) is 0 Å². The van der Waals surface area contributed by atoms with Gasteiger partial charge in [0, 0.05) is 5.75 Å². The van der Waals surface area contributed by atoms with E-state index in [0.29, 0.717) is 19.4 Å². The van der Waals surface area contributed by atoms with E-state index in [2.05, 4.69) is 28.6 Å². The summed E-state index contributed by atoms with van der Waals surface area (Å²) in [5, 5.41) is 25.8. The maximum absolute atomic E-state index is 12.3. The molecule has 0 spiro atoms. The molecule has 0 aromatic rings. The number of hydrogen-bond acceptors (Lipinski definition) is 8. The highest BCUT2D eigenvalue weighted by atomic mass is 32.1. The minimum absolute atomic E-state index is 0.121. The van der Waals surface area contributed by atoms with Crippen LogP contribution in [0.25, 0.3) is 0 Å². The van der Waals surface area contributed by atoms with Crippen LogP contribution in [0.15, 0.2) is 0 Å². The van der Waals surface area contributed by atoms with Crippen molar-refractivity contribution in [3.05, 3.63) is 0 Å². The van der Waals surface area contributed by atoms with E-state index in [4.69, 9.17) is 11.5 Å². The molecule has 0 fully saturated rings. The fraction of sp³-hybridized carbons (Fsp3) is 0.733. The molecule has 0 bridgehead atoms. The quantitative estimate of drug-likeness (QED) is 0.116. The summed E-state index contributed by atoms with van der Waals surface area (Å²) in [4.78, 5) is 47.2. The van der Waals surface area contributed by atoms with Gasteiger partial charge in [0.2, 0.25) is 17.7 Å². The van der Waals surface area contributed by atoms with Crippen LogP contribution in [0.3, 0.4) is 0 Å². The Morgan fingerprint density at radius 1 is 1.00 bits per heavy atom. The average molecular weight is 407 g/mol. The van der Waals surface area contributed by atoms with Crippen molar-refractivity contribution >= 4 is 36.3 Å². The van der Waals surface area contributed by atoms with Crippen molar-refractivity contribution in [2.45, 2.75) is 50.4 Å². The van der Waals surface area contributed by atoms with E-state index in [0.717, 1.165) is 0 Å². The zero-order valence-electron chi connectivity index (χ0n) is 15.2. The third kappa shape index (κ3) is 9.56. The summed E-state index contributed by atoms with van der Waals surface area (Å²) in [5.41, 5.74) is 10.5. The number of unbranched alkanes of at least 4 members (excludes halogenated alkanes) is 1. The molecule has 4 atom stereocenters. The SMILES string of the molecule is CC(O)C(NC(=O)CN)C(=O)NC(CS)C(=O)NC(CCCCN)C(=O)O. The number of nitrogens with two attached hydrogens (primary N) is 2. The summed E-state index contributed by atoms with van der Waals surface area (Å²) < 4.78 is 0. The van der Waals surface area contributed by atoms with Crippen LogP contribution in [-0.4, -0.2) is 77.0 Å². The highest BCUT2D eigenvalue weighted by molar-refractivity contribution is 7.80. The summed E-state index contributed by atoms with van der Waals surface area (Å²) in [5.74, 6) is -3.55. The normalized spacial score (nSPS) is 15.1. The summed E-state index contributed by atoms with van der Waals surface area (Å²) in [6.07, 6.45) is 0.0746. The van der Waals surface area contributed by atoms with Gasteiger partial charge in [0.25, 0.3) is 0 Å². The van der Waals surface area contributed by atoms with E-state index in [-0.39, 0.29) is 18.7 Å². The zero-order valence-corrected chi connectivity index (χ0v) is 16.1. The van der Waals surface area contributed by atoms with Gasteiger partial charge in [-0.05, 0) is 32.7 Å². The van der Waals surface area contributed by atoms with Crippen molar-refractivity contribution in [2.24, 2.45) is 11.5 Å². The van der Waals surface area contributed by atoms with Crippen molar-refractivity contribution in [2.75, 3.05) is 18.8 Å². The fourth-order valence-corrected chi connectivity index (χ4v) is 2.37. The standard InChI is InChI=1S/C15H29N5O6S/c1-8(21)12(20-11(22)6-17)14(24)19-10(7-27)13(23)18-9(15(25)26)4-2-3-5-16/h8-10,12,21,27H,2-7,16-17H2,1H3,(H,18,23)(H,19,24)(H,20,22)(H,25,26). The highest BCUT2D eigenvalue weighted by Gasteiger charge is 2.30. The fourth-order valence-electron chi connectivity index (χ4n) is 2.12. The maximum atomic E-state index is 12.3. The van der Waals surface area contributed by atoms with E-state index in [1.165, 1.54) is 6.92 Å². The monoisotopic (exact) mass is 407 g/mol. The molecule has 9 N–H and O–H groups in total. The summed E-state index contributed by atoms with van der Waals surface area (Å²) in [6.45, 7) is 1.32. The third-order valence-electron chi connectivity index (χ3n) is 3.64. The van der Waals surface area contributed by atoms with Crippen molar-refractivity contribution in [1.29, 1.82) is 0 Å². The molecule has 0 saturated heterocycles. The molecular formula is C15H29N5O6S. The van der Waals surface area contributed by atoms with Crippen LogP contribution >= 0.6 is 12.6 Å². The molecule has 0 aromatic heterocycles. The molecule has 27 heavy (non-hydrogen) atoms. The number of aliphatic hydroxyl groups excluding tert-OH is 1. The molecule has 0 aromatic carbocycles. The van der Waals surface area contributed by atoms with Crippen LogP contribution in [0.1, 0.15) is 26.2 Å². The second-order valence-electron chi connectivity index (χ2n) is 5.92. The molecule has 0 aliphatic heterocycles. The number of amides is 3. The van der Waals surface area contributed by atoms with Gasteiger partial charge in [-0.1, -0.05) is 0 Å². The van der Waals surface area contributed by atoms with Gasteiger partial charge in [-0.15, -0.1) is 0 Å². The Labute approximate surface area is 163 Å². The number of nitrogens with one attached hydrogen (secondary N) is 3. The van der Waals surface area contributed by atoms with Gasteiger partial charge < -0.3 is 37.6 Å². The van der Waals surface area contributed by atoms with E-state index in [9.17, 15) is 29.4 Å². The van der Waals surface area contributed by atoms with E-state index >= 15 is 0 Å². The number of rotatable bonds is 13. The second kappa shape index (κ2) is 13.3. The first kappa shape index (κ1) is 25.1. The molecular weight excluding hydrogens is 378 g/mol. The number of thiol groups is 1. The van der Waals surface area contributed by atoms with Gasteiger partial charge in [0.1, 0.15) is 18.1 Å². The number of carbonyl (C=O) groups is 4. The van der Waals surface area contributed by atoms with Gasteiger partial charge in [-0.25, -0.2) is 4.79 Å². The Bertz CT molecular complexity index is 519. The Morgan fingerprint density at radius 3 is 2.04 bits per heavy atom. The Morgan fingerprint density at radius 2 is 1.59 bits per heavy atom. The lowest BCUT2D eigenvalue weighted by Crippen LogP contribution is -2.59. The smallest absolute Gasteiger partial charge is 0.326 e. The third-order valence-corrected chi connectivity index (χ3v) is 4.01. The number of carboxylic acids is 1. The second-order valence-corrected chi connectivity index (χ2v) is 6.28. The topological polar surface area (TPSA) is 197 Å². The Kier molecular flexibility index (Phi) is 12.4. The molecule has 0 saturated carbocycles. The predicted octanol–water partition coefficient (Wildman–Crippen LogP) is -3.08. The van der Waals surface area contributed by atoms with Gasteiger partial charge >= 0.3 is 5.97 Å². The molecule has 0 radical (unpaired) electrons. The van der Waals surface area contributed by atoms with Crippen LogP contribution < -0.4 is 27.4 Å². The molecule has 0 rings (SSSR count). The lowest BCUT2D eigenvalue weighted by molar-refractivity contribution is -0.142. The summed E-state index contributed by atoms with van der Waals surface area (Å²) in [7, 11) is 0. The van der Waals surface area contributed by atoms with Crippen molar-refractivity contribution in [1.82, 2.24) is 16.0 Å². The molecule has 11 nitrogen and oxygen atoms in total. The van der Waals surface area contributed by atoms with Crippen LogP contribution in [0.4, 0.5) is 0 Å². The molecule has 156 valence electrons. The Hall–Kier alpha value is -1.89. The minimum atomic E-state index is -1.32. The number of aliphatic carboxylic acids is 1. The average Bonchev–Trinajstić information content (AvgIpc) is 2.62. The number of aliphatic hydroxyl groups is 1. The number of carbonyl (C=O) groups excluding carboxylic acids is 3. The van der Waals surface area contributed by atoms with Crippen LogP contribution in [0, 0.1) is 0 Å². The first-order valence-electron chi connectivity index (χ1n) is 8.49. The first-order valence-corrected chi connectivity index (χ1v) is 9.13. The molecule has 3 amide bonds. The molecule has 0 heterocycles. The van der Waals surface area contributed by atoms with Crippen molar-refractivity contribution in [3.8, 4) is 0 Å². The summed E-state index contributed by atoms with van der Waals surface area (Å²) in [6, 6.07) is -3.61. The van der Waals surface area contributed by atoms with Crippen LogP contribution in [-0.2, 0) is 19.2 Å². The zero-order chi connectivity index (χ0) is 21.0. The number of hydrogen-bond donors (Lipinski definition) is 8. The minimum Gasteiger partial charge on any atom is -0.480 e. The summed E-state index contributed by atoms with van der Waals surface area (Å²) >= 11 is 3.99. The van der Waals surface area contributed by atoms with Crippen molar-refractivity contribution < 1.29 is 29.4 Å². The molecule has 4 unspecified atom stereocenters. The lowest BCUT2D eigenvalue weighted by Gasteiger charge is -2.24. The van der Waals surface area contributed by atoms with E-state index < -0.39 is 47.9 Å². The largest absolute Gasteiger partial charge is 0.480 e. The molecule has 0 aliphatic carbocycles. The lowest BCUT2D eigenvalue weighted by atomic mass is 10.1. The van der Waals surface area contributed by atoms with Gasteiger partial charge in [-0.2, -0.15) is 12.6 Å². The number of carboxylic acid groups (broad SMARTS) is 1. The van der Waals surface area contributed by atoms with Gasteiger partial charge in [-0.3, -0.25) is 14.4 Å². The predicted molar refractivity (Wildman–Crippen MR) is 101 cm³/mol. The maximum Gasteiger partial charge on any atom is 0.326 e. The molecule has 12 heteroatoms. The van der Waals surface area contributed by atoms with E-state index in [1.54, 1.807) is 0 Å². The highest BCUT2D eigenvalue weighted by Crippen LogP contribution is 2.03. The Balaban J connectivity index is 4.95. The van der Waals surface area contributed by atoms with Crippen LogP contribution in [0.2, 0.25) is 0 Å². The molecule has 0 aliphatic rings. The first-order chi connectivity index (χ1) is 12.7. The van der Waals surface area contributed by atoms with Gasteiger partial charge in [0.15, 0.2) is 0 Å². The van der Waals surface area contributed by atoms with Gasteiger partial charge in [0.05, 0.1) is 12.6 Å².